The Bertz CT molecular complexity index is 1360. The number of benzene rings is 2. The Morgan fingerprint density at radius 3 is 2.68 bits per heavy atom. The van der Waals surface area contributed by atoms with Crippen LogP contribution in [-0.4, -0.2) is 56.8 Å². The highest BCUT2D eigenvalue weighted by atomic mass is 35.5. The van der Waals surface area contributed by atoms with Gasteiger partial charge in [-0.3, -0.25) is 4.79 Å². The lowest BCUT2D eigenvalue weighted by molar-refractivity contribution is -0.117. The molecule has 0 aliphatic heterocycles. The molecule has 0 aliphatic carbocycles. The van der Waals surface area contributed by atoms with E-state index in [4.69, 9.17) is 16.3 Å². The van der Waals surface area contributed by atoms with E-state index in [9.17, 15) is 9.59 Å². The Balaban J connectivity index is 1.46. The third-order valence-corrected chi connectivity index (χ3v) is 5.62. The summed E-state index contributed by atoms with van der Waals surface area (Å²) in [6, 6.07) is 18.1. The average Bonchev–Trinajstić information content (AvgIpc) is 3.46. The highest BCUT2D eigenvalue weighted by molar-refractivity contribution is 6.30. The van der Waals surface area contributed by atoms with Crippen molar-refractivity contribution >= 4 is 35.4 Å². The molecule has 10 nitrogen and oxygen atoms in total. The van der Waals surface area contributed by atoms with Crippen LogP contribution in [0.25, 0.3) is 11.8 Å². The number of carbonyl (C=O) groups is 2. The van der Waals surface area contributed by atoms with Crippen LogP contribution in [0.4, 0.5) is 5.82 Å². The van der Waals surface area contributed by atoms with E-state index in [2.05, 4.69) is 31.1 Å². The minimum Gasteiger partial charge on any atom is -0.465 e. The fraction of sp³-hybridized carbons (Fsp3) is 0.154. The molecule has 37 heavy (non-hydrogen) atoms. The topological polar surface area (TPSA) is 124 Å². The first-order chi connectivity index (χ1) is 18.0. The molecule has 2 aromatic heterocycles. The van der Waals surface area contributed by atoms with Crippen LogP contribution in [0.15, 0.2) is 79.3 Å². The lowest BCUT2D eigenvalue weighted by Gasteiger charge is -2.19. The normalized spacial score (nSPS) is 11.7. The molecule has 0 aliphatic rings. The van der Waals surface area contributed by atoms with Gasteiger partial charge < -0.3 is 15.4 Å². The number of esters is 1. The molecule has 11 heteroatoms. The predicted octanol–water partition coefficient (Wildman–Crippen LogP) is 3.35. The van der Waals surface area contributed by atoms with Crippen LogP contribution < -0.4 is 10.6 Å². The standard InChI is InChI=1S/C26H24ClN7O3/c1-37-26(36)20-7-11-24(28-15-20)29-16-22(13-18-5-3-2-4-6-18)31-25(35)12-8-19-14-21(27)9-10-23(19)34-17-30-32-33-34/h2-12,14-15,17,22H,13,16H2,1H3,(H,28,29)(H,31,35)/b12-8+/t22-/m0/s1. The van der Waals surface area contributed by atoms with Crippen LogP contribution >= 0.6 is 11.6 Å². The number of nitrogens with one attached hydrogen (secondary N) is 2. The van der Waals surface area contributed by atoms with Crippen molar-refractivity contribution in [2.45, 2.75) is 12.5 Å². The zero-order valence-corrected chi connectivity index (χ0v) is 20.7. The number of halogens is 1. The molecule has 188 valence electrons. The van der Waals surface area contributed by atoms with E-state index in [0.29, 0.717) is 40.6 Å². The summed E-state index contributed by atoms with van der Waals surface area (Å²) in [7, 11) is 1.32. The molecule has 0 saturated heterocycles. The van der Waals surface area contributed by atoms with Crippen LogP contribution in [0.1, 0.15) is 21.5 Å². The van der Waals surface area contributed by atoms with E-state index in [0.717, 1.165) is 5.56 Å². The average molecular weight is 518 g/mol. The maximum Gasteiger partial charge on any atom is 0.339 e. The number of tetrazole rings is 1. The number of anilines is 1. The summed E-state index contributed by atoms with van der Waals surface area (Å²) in [5.41, 5.74) is 2.79. The number of amides is 1. The summed E-state index contributed by atoms with van der Waals surface area (Å²) in [5, 5.41) is 18.0. The van der Waals surface area contributed by atoms with Crippen molar-refractivity contribution in [3.8, 4) is 5.69 Å². The molecule has 0 saturated carbocycles. The first kappa shape index (κ1) is 25.5. The summed E-state index contributed by atoms with van der Waals surface area (Å²) in [5.74, 6) is -0.164. The molecule has 4 aromatic rings. The van der Waals surface area contributed by atoms with Gasteiger partial charge >= 0.3 is 5.97 Å². The number of rotatable bonds is 10. The molecule has 4 rings (SSSR count). The van der Waals surface area contributed by atoms with Gasteiger partial charge in [-0.25, -0.2) is 9.78 Å². The highest BCUT2D eigenvalue weighted by Gasteiger charge is 2.13. The smallest absolute Gasteiger partial charge is 0.339 e. The van der Waals surface area contributed by atoms with Crippen LogP contribution in [0.2, 0.25) is 5.02 Å². The number of hydrogen-bond acceptors (Lipinski definition) is 8. The minimum atomic E-state index is -0.456. The van der Waals surface area contributed by atoms with Crippen molar-refractivity contribution in [3.05, 3.63) is 101 Å². The van der Waals surface area contributed by atoms with Crippen LogP contribution in [0.3, 0.4) is 0 Å². The summed E-state index contributed by atoms with van der Waals surface area (Å²) < 4.78 is 6.20. The largest absolute Gasteiger partial charge is 0.465 e. The van der Waals surface area contributed by atoms with Crippen molar-refractivity contribution in [3.63, 3.8) is 0 Å². The molecule has 2 aromatic carbocycles. The van der Waals surface area contributed by atoms with Gasteiger partial charge in [-0.2, -0.15) is 4.68 Å². The number of pyridine rings is 1. The Morgan fingerprint density at radius 1 is 1.14 bits per heavy atom. The van der Waals surface area contributed by atoms with E-state index >= 15 is 0 Å². The van der Waals surface area contributed by atoms with Gasteiger partial charge in [0.15, 0.2) is 0 Å². The Kier molecular flexibility index (Phi) is 8.56. The molecule has 2 heterocycles. The van der Waals surface area contributed by atoms with E-state index in [1.807, 2.05) is 30.3 Å². The van der Waals surface area contributed by atoms with E-state index < -0.39 is 5.97 Å². The van der Waals surface area contributed by atoms with Gasteiger partial charge in [0.2, 0.25) is 5.91 Å². The molecule has 0 bridgehead atoms. The van der Waals surface area contributed by atoms with Crippen LogP contribution in [0.5, 0.6) is 0 Å². The molecular formula is C26H24ClN7O3. The molecule has 2 N–H and O–H groups in total. The second-order valence-electron chi connectivity index (χ2n) is 7.99. The van der Waals surface area contributed by atoms with Gasteiger partial charge in [-0.15, -0.1) is 5.10 Å². The lowest BCUT2D eigenvalue weighted by atomic mass is 10.1. The first-order valence-corrected chi connectivity index (χ1v) is 11.7. The summed E-state index contributed by atoms with van der Waals surface area (Å²) in [6.45, 7) is 0.409. The third-order valence-electron chi connectivity index (χ3n) is 5.39. The number of aromatic nitrogens is 5. The summed E-state index contributed by atoms with van der Waals surface area (Å²) in [4.78, 5) is 28.8. The van der Waals surface area contributed by atoms with Crippen molar-refractivity contribution in [1.82, 2.24) is 30.5 Å². The molecular weight excluding hydrogens is 494 g/mol. The van der Waals surface area contributed by atoms with E-state index in [1.54, 1.807) is 36.4 Å². The molecule has 0 spiro atoms. The van der Waals surface area contributed by atoms with Crippen molar-refractivity contribution in [2.75, 3.05) is 19.0 Å². The maximum absolute atomic E-state index is 12.9. The second-order valence-corrected chi connectivity index (χ2v) is 8.43. The fourth-order valence-electron chi connectivity index (χ4n) is 3.59. The fourth-order valence-corrected chi connectivity index (χ4v) is 3.77. The Hall–Kier alpha value is -4.57. The van der Waals surface area contributed by atoms with E-state index in [-0.39, 0.29) is 11.9 Å². The van der Waals surface area contributed by atoms with Crippen molar-refractivity contribution in [2.24, 2.45) is 0 Å². The third kappa shape index (κ3) is 7.21. The number of methoxy groups -OCH3 is 1. The minimum absolute atomic E-state index is 0.250. The van der Waals surface area contributed by atoms with Crippen LogP contribution in [-0.2, 0) is 16.0 Å². The lowest BCUT2D eigenvalue weighted by Crippen LogP contribution is -2.40. The highest BCUT2D eigenvalue weighted by Crippen LogP contribution is 2.20. The number of nitrogens with zero attached hydrogens (tertiary/aromatic N) is 5. The van der Waals surface area contributed by atoms with Gasteiger partial charge in [0, 0.05) is 29.4 Å². The first-order valence-electron chi connectivity index (χ1n) is 11.4. The Morgan fingerprint density at radius 2 is 1.97 bits per heavy atom. The van der Waals surface area contributed by atoms with Gasteiger partial charge in [0.05, 0.1) is 24.4 Å². The van der Waals surface area contributed by atoms with E-state index in [1.165, 1.54) is 30.4 Å². The molecule has 0 radical (unpaired) electrons. The Labute approximate surface area is 218 Å². The molecule has 1 atom stereocenters. The quantitative estimate of drug-likeness (QED) is 0.242. The summed E-state index contributed by atoms with van der Waals surface area (Å²) in [6.07, 6.45) is 6.61. The maximum atomic E-state index is 12.9. The zero-order valence-electron chi connectivity index (χ0n) is 19.9. The second kappa shape index (κ2) is 12.4. The molecule has 0 unspecified atom stereocenters. The number of hydrogen-bond donors (Lipinski definition) is 2. The van der Waals surface area contributed by atoms with Gasteiger partial charge in [-0.05, 0) is 58.8 Å². The zero-order chi connectivity index (χ0) is 26.0. The number of ether oxygens (including phenoxy) is 1. The van der Waals surface area contributed by atoms with Crippen LogP contribution in [0, 0.1) is 0 Å². The number of carbonyl (C=O) groups excluding carboxylic acids is 2. The predicted molar refractivity (Wildman–Crippen MR) is 139 cm³/mol. The van der Waals surface area contributed by atoms with Gasteiger partial charge in [-0.1, -0.05) is 41.9 Å². The SMILES string of the molecule is COC(=O)c1ccc(NC[C@H](Cc2ccccc2)NC(=O)/C=C/c2cc(Cl)ccc2-n2cnnn2)nc1. The van der Waals surface area contributed by atoms with Crippen molar-refractivity contribution in [1.29, 1.82) is 0 Å². The molecule has 1 amide bonds. The monoisotopic (exact) mass is 517 g/mol. The van der Waals surface area contributed by atoms with Gasteiger partial charge in [0.25, 0.3) is 0 Å². The summed E-state index contributed by atoms with van der Waals surface area (Å²) >= 11 is 6.17. The van der Waals surface area contributed by atoms with Crippen molar-refractivity contribution < 1.29 is 14.3 Å². The molecule has 0 fully saturated rings. The van der Waals surface area contributed by atoms with Gasteiger partial charge in [0.1, 0.15) is 12.1 Å².